The van der Waals surface area contributed by atoms with Crippen LogP contribution < -0.4 is 4.90 Å². The summed E-state index contributed by atoms with van der Waals surface area (Å²) in [5, 5.41) is 0.603. The number of nitrogens with zero attached hydrogens (tertiary/aromatic N) is 3. The van der Waals surface area contributed by atoms with Crippen molar-refractivity contribution >= 4 is 17.4 Å². The minimum absolute atomic E-state index is 0.358. The zero-order valence-electron chi connectivity index (χ0n) is 10.8. The Bertz CT molecular complexity index is 388. The Balaban J connectivity index is 2.37. The normalized spacial score (nSPS) is 15.4. The average molecular weight is 254 g/mol. The fraction of sp³-hybridized carbons (Fsp3) is 0.692. The van der Waals surface area contributed by atoms with Crippen LogP contribution in [0, 0.1) is 0 Å². The van der Waals surface area contributed by atoms with Crippen molar-refractivity contribution in [3.63, 3.8) is 0 Å². The minimum atomic E-state index is 0.358. The van der Waals surface area contributed by atoms with Crippen molar-refractivity contribution in [3.05, 3.63) is 17.0 Å². The van der Waals surface area contributed by atoms with Crippen LogP contribution in [0.15, 0.2) is 6.33 Å². The van der Waals surface area contributed by atoms with Crippen LogP contribution in [0.2, 0.25) is 5.15 Å². The Hall–Kier alpha value is -0.830. The zero-order chi connectivity index (χ0) is 12.4. The zero-order valence-corrected chi connectivity index (χ0v) is 11.5. The van der Waals surface area contributed by atoms with Gasteiger partial charge in [0.15, 0.2) is 0 Å². The monoisotopic (exact) mass is 253 g/mol. The molecule has 2 rings (SSSR count). The van der Waals surface area contributed by atoms with E-state index in [0.29, 0.717) is 17.1 Å². The Kier molecular flexibility index (Phi) is 3.87. The van der Waals surface area contributed by atoms with Gasteiger partial charge in [0, 0.05) is 18.2 Å². The van der Waals surface area contributed by atoms with Crippen molar-refractivity contribution in [3.8, 4) is 0 Å². The van der Waals surface area contributed by atoms with Gasteiger partial charge in [-0.05, 0) is 25.2 Å². The van der Waals surface area contributed by atoms with E-state index < -0.39 is 0 Å². The van der Waals surface area contributed by atoms with Crippen LogP contribution in [0.1, 0.15) is 51.5 Å². The molecule has 1 fully saturated rings. The summed E-state index contributed by atoms with van der Waals surface area (Å²) in [5.41, 5.74) is 1.09. The lowest BCUT2D eigenvalue weighted by molar-refractivity contribution is 0.728. The van der Waals surface area contributed by atoms with Gasteiger partial charge < -0.3 is 4.90 Å². The Morgan fingerprint density at radius 3 is 2.65 bits per heavy atom. The molecule has 1 heterocycles. The molecule has 0 radical (unpaired) electrons. The summed E-state index contributed by atoms with van der Waals surface area (Å²) in [5.74, 6) is 1.40. The Labute approximate surface area is 108 Å². The van der Waals surface area contributed by atoms with Crippen LogP contribution >= 0.6 is 11.6 Å². The lowest BCUT2D eigenvalue weighted by atomic mass is 10.1. The molecule has 1 saturated carbocycles. The van der Waals surface area contributed by atoms with Gasteiger partial charge in [0.2, 0.25) is 0 Å². The second-order valence-electron chi connectivity index (χ2n) is 4.98. The Morgan fingerprint density at radius 1 is 1.41 bits per heavy atom. The number of hydrogen-bond acceptors (Lipinski definition) is 3. The van der Waals surface area contributed by atoms with Crippen molar-refractivity contribution in [2.45, 2.75) is 52.0 Å². The summed E-state index contributed by atoms with van der Waals surface area (Å²) < 4.78 is 0. The van der Waals surface area contributed by atoms with E-state index in [2.05, 4.69) is 35.6 Å². The minimum Gasteiger partial charge on any atom is -0.353 e. The fourth-order valence-electron chi connectivity index (χ4n) is 2.18. The predicted molar refractivity (Wildman–Crippen MR) is 71.8 cm³/mol. The third kappa shape index (κ3) is 2.71. The molecular formula is C13H20ClN3. The molecule has 1 aromatic heterocycles. The molecule has 0 unspecified atom stereocenters. The first-order valence-electron chi connectivity index (χ1n) is 6.42. The highest BCUT2D eigenvalue weighted by Crippen LogP contribution is 2.36. The van der Waals surface area contributed by atoms with E-state index in [9.17, 15) is 0 Å². The molecule has 17 heavy (non-hydrogen) atoms. The third-order valence-electron chi connectivity index (χ3n) is 3.12. The first kappa shape index (κ1) is 12.6. The highest BCUT2D eigenvalue weighted by atomic mass is 35.5. The molecule has 0 spiro atoms. The summed E-state index contributed by atoms with van der Waals surface area (Å²) in [4.78, 5) is 11.0. The number of rotatable bonds is 5. The maximum Gasteiger partial charge on any atom is 0.138 e. The second-order valence-corrected chi connectivity index (χ2v) is 5.34. The number of anilines is 1. The third-order valence-corrected chi connectivity index (χ3v) is 3.42. The van der Waals surface area contributed by atoms with Crippen LogP contribution in [0.25, 0.3) is 0 Å². The van der Waals surface area contributed by atoms with Crippen LogP contribution in [0.4, 0.5) is 5.82 Å². The molecule has 0 amide bonds. The van der Waals surface area contributed by atoms with Crippen molar-refractivity contribution < 1.29 is 0 Å². The van der Waals surface area contributed by atoms with E-state index in [1.165, 1.54) is 12.8 Å². The van der Waals surface area contributed by atoms with Crippen molar-refractivity contribution in [2.24, 2.45) is 0 Å². The predicted octanol–water partition coefficient (Wildman–Crippen LogP) is 3.63. The van der Waals surface area contributed by atoms with Gasteiger partial charge in [0.05, 0.1) is 0 Å². The molecule has 4 heteroatoms. The molecule has 0 N–H and O–H groups in total. The lowest BCUT2D eigenvalue weighted by Crippen LogP contribution is -2.29. The molecule has 0 aliphatic heterocycles. The highest BCUT2D eigenvalue weighted by molar-refractivity contribution is 6.30. The van der Waals surface area contributed by atoms with E-state index in [-0.39, 0.29) is 0 Å². The lowest BCUT2D eigenvalue weighted by Gasteiger charge is -2.26. The summed E-state index contributed by atoms with van der Waals surface area (Å²) in [6.07, 6.45) is 5.27. The van der Waals surface area contributed by atoms with Crippen molar-refractivity contribution in [1.29, 1.82) is 0 Å². The topological polar surface area (TPSA) is 29.0 Å². The van der Waals surface area contributed by atoms with Crippen molar-refractivity contribution in [2.75, 3.05) is 11.4 Å². The molecular weight excluding hydrogens is 234 g/mol. The average Bonchev–Trinajstić information content (AvgIpc) is 3.08. The van der Waals surface area contributed by atoms with Gasteiger partial charge in [0.1, 0.15) is 17.3 Å². The maximum absolute atomic E-state index is 6.22. The highest BCUT2D eigenvalue weighted by Gasteiger charge is 2.31. The SMILES string of the molecule is CCCN(c1ncnc(Cl)c1C(C)C)C1CC1. The van der Waals surface area contributed by atoms with Gasteiger partial charge in [-0.2, -0.15) is 0 Å². The van der Waals surface area contributed by atoms with E-state index in [1.807, 2.05) is 0 Å². The molecule has 1 aliphatic carbocycles. The molecule has 0 saturated heterocycles. The van der Waals surface area contributed by atoms with Gasteiger partial charge in [-0.15, -0.1) is 0 Å². The van der Waals surface area contributed by atoms with Gasteiger partial charge in [-0.3, -0.25) is 0 Å². The summed E-state index contributed by atoms with van der Waals surface area (Å²) in [6, 6.07) is 0.665. The largest absolute Gasteiger partial charge is 0.353 e. The fourth-order valence-corrected chi connectivity index (χ4v) is 2.53. The summed E-state index contributed by atoms with van der Waals surface area (Å²) in [6.45, 7) is 7.54. The molecule has 3 nitrogen and oxygen atoms in total. The molecule has 1 aromatic rings. The first-order valence-corrected chi connectivity index (χ1v) is 6.80. The first-order chi connectivity index (χ1) is 8.15. The molecule has 0 aromatic carbocycles. The van der Waals surface area contributed by atoms with Crippen LogP contribution in [0.5, 0.6) is 0 Å². The smallest absolute Gasteiger partial charge is 0.138 e. The van der Waals surface area contributed by atoms with E-state index in [0.717, 1.165) is 24.3 Å². The van der Waals surface area contributed by atoms with Gasteiger partial charge >= 0.3 is 0 Å². The summed E-state index contributed by atoms with van der Waals surface area (Å²) >= 11 is 6.22. The van der Waals surface area contributed by atoms with Gasteiger partial charge in [-0.1, -0.05) is 32.4 Å². The number of hydrogen-bond donors (Lipinski definition) is 0. The molecule has 94 valence electrons. The number of aromatic nitrogens is 2. The van der Waals surface area contributed by atoms with Crippen LogP contribution in [-0.4, -0.2) is 22.6 Å². The quantitative estimate of drug-likeness (QED) is 0.751. The van der Waals surface area contributed by atoms with Crippen LogP contribution in [-0.2, 0) is 0 Å². The standard InChI is InChI=1S/C13H20ClN3/c1-4-7-17(10-5-6-10)13-11(9(2)3)12(14)15-8-16-13/h8-10H,4-7H2,1-3H3. The second kappa shape index (κ2) is 5.21. The van der Waals surface area contributed by atoms with Crippen LogP contribution in [0.3, 0.4) is 0 Å². The summed E-state index contributed by atoms with van der Waals surface area (Å²) in [7, 11) is 0. The van der Waals surface area contributed by atoms with Crippen molar-refractivity contribution in [1.82, 2.24) is 9.97 Å². The van der Waals surface area contributed by atoms with Gasteiger partial charge in [-0.25, -0.2) is 9.97 Å². The van der Waals surface area contributed by atoms with E-state index in [4.69, 9.17) is 11.6 Å². The Morgan fingerprint density at radius 2 is 2.12 bits per heavy atom. The molecule has 1 aliphatic rings. The van der Waals surface area contributed by atoms with E-state index in [1.54, 1.807) is 6.33 Å². The maximum atomic E-state index is 6.22. The van der Waals surface area contributed by atoms with Gasteiger partial charge in [0.25, 0.3) is 0 Å². The molecule has 0 atom stereocenters. The molecule has 0 bridgehead atoms. The number of halogens is 1. The van der Waals surface area contributed by atoms with E-state index >= 15 is 0 Å².